The van der Waals surface area contributed by atoms with Gasteiger partial charge in [0.25, 0.3) is 11.8 Å². The molecule has 1 heterocycles. The molecule has 15 heavy (non-hydrogen) atoms. The highest BCUT2D eigenvalue weighted by Crippen LogP contribution is 2.21. The van der Waals surface area contributed by atoms with Gasteiger partial charge in [0.15, 0.2) is 0 Å². The Bertz CT molecular complexity index is 338. The highest BCUT2D eigenvalue weighted by atomic mass is 32.2. The van der Waals surface area contributed by atoms with E-state index in [9.17, 15) is 14.4 Å². The Hall–Kier alpha value is -1.30. The molecule has 3 amide bonds. The van der Waals surface area contributed by atoms with Gasteiger partial charge in [0, 0.05) is 26.1 Å². The van der Waals surface area contributed by atoms with Crippen LogP contribution in [0.3, 0.4) is 0 Å². The van der Waals surface area contributed by atoms with Crippen molar-refractivity contribution in [3.63, 3.8) is 0 Å². The lowest BCUT2D eigenvalue weighted by atomic mass is 10.3. The van der Waals surface area contributed by atoms with Gasteiger partial charge in [0.2, 0.25) is 5.91 Å². The fourth-order valence-electron chi connectivity index (χ4n) is 1.18. The second-order valence-electron chi connectivity index (χ2n) is 2.93. The van der Waals surface area contributed by atoms with Crippen molar-refractivity contribution in [2.24, 2.45) is 0 Å². The number of rotatable bonds is 4. The van der Waals surface area contributed by atoms with Crippen LogP contribution in [0.25, 0.3) is 0 Å². The first kappa shape index (κ1) is 11.8. The van der Waals surface area contributed by atoms with Gasteiger partial charge in [-0.3, -0.25) is 19.3 Å². The summed E-state index contributed by atoms with van der Waals surface area (Å²) in [5.74, 6) is -0.835. The van der Waals surface area contributed by atoms with Crippen molar-refractivity contribution >= 4 is 29.5 Å². The topological polar surface area (TPSA) is 66.5 Å². The summed E-state index contributed by atoms with van der Waals surface area (Å²) in [6.07, 6.45) is 3.18. The molecular formula is C9H12N2O3S. The molecule has 6 heteroatoms. The van der Waals surface area contributed by atoms with E-state index in [0.717, 1.165) is 4.90 Å². The molecule has 0 saturated heterocycles. The average molecular weight is 228 g/mol. The molecule has 0 unspecified atom stereocenters. The van der Waals surface area contributed by atoms with Crippen LogP contribution in [-0.2, 0) is 14.4 Å². The van der Waals surface area contributed by atoms with Gasteiger partial charge >= 0.3 is 0 Å². The maximum absolute atomic E-state index is 11.5. The minimum absolute atomic E-state index is 0.137. The third-order valence-electron chi connectivity index (χ3n) is 2.04. The van der Waals surface area contributed by atoms with Crippen LogP contribution in [-0.4, -0.2) is 42.5 Å². The molecule has 0 radical (unpaired) electrons. The molecule has 0 spiro atoms. The van der Waals surface area contributed by atoms with Gasteiger partial charge in [0.05, 0.1) is 4.91 Å². The lowest BCUT2D eigenvalue weighted by molar-refractivity contribution is -0.137. The lowest BCUT2D eigenvalue weighted by Gasteiger charge is -2.13. The van der Waals surface area contributed by atoms with Crippen LogP contribution >= 0.6 is 11.8 Å². The van der Waals surface area contributed by atoms with Gasteiger partial charge in [-0.05, 0) is 6.26 Å². The highest BCUT2D eigenvalue weighted by molar-refractivity contribution is 8.03. The van der Waals surface area contributed by atoms with Crippen molar-refractivity contribution in [2.75, 3.05) is 19.8 Å². The molecule has 1 N–H and O–H groups in total. The summed E-state index contributed by atoms with van der Waals surface area (Å²) >= 11 is 1.24. The third kappa shape index (κ3) is 2.59. The second-order valence-corrected chi connectivity index (χ2v) is 3.78. The first-order valence-electron chi connectivity index (χ1n) is 4.42. The number of amides is 3. The van der Waals surface area contributed by atoms with E-state index in [0.29, 0.717) is 4.91 Å². The molecule has 1 aliphatic heterocycles. The molecule has 1 aliphatic rings. The molecule has 0 aromatic carbocycles. The summed E-state index contributed by atoms with van der Waals surface area (Å²) in [6.45, 7) is 0.137. The van der Waals surface area contributed by atoms with Crippen LogP contribution in [0, 0.1) is 0 Å². The van der Waals surface area contributed by atoms with E-state index in [4.69, 9.17) is 0 Å². The third-order valence-corrected chi connectivity index (χ3v) is 2.77. The Labute approximate surface area is 91.9 Å². The van der Waals surface area contributed by atoms with E-state index in [1.54, 1.807) is 6.26 Å². The number of carbonyl (C=O) groups is 3. The van der Waals surface area contributed by atoms with Crippen molar-refractivity contribution in [2.45, 2.75) is 6.42 Å². The molecule has 0 bridgehead atoms. The van der Waals surface area contributed by atoms with Crippen molar-refractivity contribution < 1.29 is 14.4 Å². The van der Waals surface area contributed by atoms with E-state index < -0.39 is 0 Å². The number of thioether (sulfide) groups is 1. The minimum Gasteiger partial charge on any atom is -0.359 e. The zero-order chi connectivity index (χ0) is 11.4. The molecule has 0 atom stereocenters. The Morgan fingerprint density at radius 2 is 2.20 bits per heavy atom. The van der Waals surface area contributed by atoms with Crippen LogP contribution in [0.4, 0.5) is 0 Å². The normalized spacial score (nSPS) is 15.6. The van der Waals surface area contributed by atoms with Crippen molar-refractivity contribution in [1.29, 1.82) is 0 Å². The van der Waals surface area contributed by atoms with Crippen LogP contribution in [0.15, 0.2) is 11.0 Å². The largest absolute Gasteiger partial charge is 0.359 e. The van der Waals surface area contributed by atoms with Crippen molar-refractivity contribution in [3.05, 3.63) is 11.0 Å². The van der Waals surface area contributed by atoms with E-state index in [1.165, 1.54) is 24.9 Å². The van der Waals surface area contributed by atoms with Gasteiger partial charge in [0.1, 0.15) is 0 Å². The van der Waals surface area contributed by atoms with E-state index in [-0.39, 0.29) is 30.7 Å². The number of carbonyl (C=O) groups excluding carboxylic acids is 3. The second kappa shape index (κ2) is 4.97. The van der Waals surface area contributed by atoms with Gasteiger partial charge in [-0.2, -0.15) is 0 Å². The maximum atomic E-state index is 11.5. The standard InChI is InChI=1S/C9H12N2O3S/c1-10-7(12)3-4-11-8(13)5-6(15-2)9(11)14/h5H,3-4H2,1-2H3,(H,10,12). The average Bonchev–Trinajstić information content (AvgIpc) is 2.51. The Morgan fingerprint density at radius 1 is 1.53 bits per heavy atom. The Morgan fingerprint density at radius 3 is 2.67 bits per heavy atom. The number of hydrogen-bond acceptors (Lipinski definition) is 4. The van der Waals surface area contributed by atoms with E-state index in [2.05, 4.69) is 5.32 Å². The summed E-state index contributed by atoms with van der Waals surface area (Å²) < 4.78 is 0. The summed E-state index contributed by atoms with van der Waals surface area (Å²) in [6, 6.07) is 0. The first-order valence-corrected chi connectivity index (χ1v) is 5.64. The Kier molecular flexibility index (Phi) is 3.90. The predicted molar refractivity (Wildman–Crippen MR) is 57.0 cm³/mol. The Balaban J connectivity index is 2.56. The predicted octanol–water partition coefficient (Wildman–Crippen LogP) is -0.262. The van der Waals surface area contributed by atoms with E-state index >= 15 is 0 Å². The molecule has 0 fully saturated rings. The van der Waals surface area contributed by atoms with Gasteiger partial charge in [-0.25, -0.2) is 0 Å². The molecule has 0 aromatic heterocycles. The van der Waals surface area contributed by atoms with Crippen LogP contribution in [0.2, 0.25) is 0 Å². The van der Waals surface area contributed by atoms with E-state index in [1.807, 2.05) is 0 Å². The molecular weight excluding hydrogens is 216 g/mol. The number of imide groups is 1. The summed E-state index contributed by atoms with van der Waals surface area (Å²) in [7, 11) is 1.52. The number of hydrogen-bond donors (Lipinski definition) is 1. The zero-order valence-electron chi connectivity index (χ0n) is 8.57. The smallest absolute Gasteiger partial charge is 0.267 e. The molecule has 0 aliphatic carbocycles. The fraction of sp³-hybridized carbons (Fsp3) is 0.444. The maximum Gasteiger partial charge on any atom is 0.267 e. The lowest BCUT2D eigenvalue weighted by Crippen LogP contribution is -2.34. The zero-order valence-corrected chi connectivity index (χ0v) is 9.39. The molecule has 0 aromatic rings. The SMILES string of the molecule is CNC(=O)CCN1C(=O)C=C(SC)C1=O. The summed E-state index contributed by atoms with van der Waals surface area (Å²) in [4.78, 5) is 35.3. The van der Waals surface area contributed by atoms with Crippen molar-refractivity contribution in [1.82, 2.24) is 10.2 Å². The molecule has 82 valence electrons. The summed E-state index contributed by atoms with van der Waals surface area (Å²) in [5, 5.41) is 2.43. The van der Waals surface area contributed by atoms with Crippen LogP contribution in [0.5, 0.6) is 0 Å². The minimum atomic E-state index is -0.340. The monoisotopic (exact) mass is 228 g/mol. The first-order chi connectivity index (χ1) is 7.10. The highest BCUT2D eigenvalue weighted by Gasteiger charge is 2.30. The van der Waals surface area contributed by atoms with Gasteiger partial charge < -0.3 is 5.32 Å². The molecule has 5 nitrogen and oxygen atoms in total. The van der Waals surface area contributed by atoms with Crippen LogP contribution < -0.4 is 5.32 Å². The molecule has 0 saturated carbocycles. The number of nitrogens with zero attached hydrogens (tertiary/aromatic N) is 1. The van der Waals surface area contributed by atoms with Gasteiger partial charge in [-0.1, -0.05) is 0 Å². The fourth-order valence-corrected chi connectivity index (χ4v) is 1.68. The van der Waals surface area contributed by atoms with Gasteiger partial charge in [-0.15, -0.1) is 11.8 Å². The van der Waals surface area contributed by atoms with Crippen molar-refractivity contribution in [3.8, 4) is 0 Å². The summed E-state index contributed by atoms with van der Waals surface area (Å²) in [5.41, 5.74) is 0. The quantitative estimate of drug-likeness (QED) is 0.673. The molecule has 1 rings (SSSR count). The number of nitrogens with one attached hydrogen (secondary N) is 1. The van der Waals surface area contributed by atoms with Crippen LogP contribution in [0.1, 0.15) is 6.42 Å².